The van der Waals surface area contributed by atoms with Gasteiger partial charge in [0.1, 0.15) is 17.6 Å². The smallest absolute Gasteiger partial charge is 0.337 e. The highest BCUT2D eigenvalue weighted by Gasteiger charge is 2.41. The number of unbranched alkanes of at least 4 members (excludes halogenated alkanes) is 1. The summed E-state index contributed by atoms with van der Waals surface area (Å²) in [7, 11) is 1.37. The van der Waals surface area contributed by atoms with Crippen LogP contribution in [0, 0.1) is 0 Å². The van der Waals surface area contributed by atoms with Gasteiger partial charge in [-0.05, 0) is 55.0 Å². The number of methoxy groups -OCH3 is 1. The molecule has 6 nitrogen and oxygen atoms in total. The van der Waals surface area contributed by atoms with Crippen LogP contribution in [-0.4, -0.2) is 34.6 Å². The molecule has 1 saturated heterocycles. The first-order valence-corrected chi connectivity index (χ1v) is 10.8. The van der Waals surface area contributed by atoms with Gasteiger partial charge in [-0.25, -0.2) is 4.79 Å². The molecule has 2 aromatic heterocycles. The number of benzene rings is 1. The highest BCUT2D eigenvalue weighted by Crippen LogP contribution is 2.40. The van der Waals surface area contributed by atoms with Gasteiger partial charge in [0.25, 0.3) is 0 Å². The number of ether oxygens (including phenoxy) is 1. The molecule has 160 valence electrons. The fourth-order valence-electron chi connectivity index (χ4n) is 3.84. The molecule has 0 spiro atoms. The van der Waals surface area contributed by atoms with Crippen molar-refractivity contribution >= 4 is 23.3 Å². The molecule has 1 N–H and O–H groups in total. The maximum Gasteiger partial charge on any atom is 0.337 e. The lowest BCUT2D eigenvalue weighted by atomic mass is 10.0. The van der Waals surface area contributed by atoms with E-state index >= 15 is 0 Å². The van der Waals surface area contributed by atoms with Gasteiger partial charge < -0.3 is 19.4 Å². The lowest BCUT2D eigenvalue weighted by Crippen LogP contribution is -2.30. The summed E-state index contributed by atoms with van der Waals surface area (Å²) in [4.78, 5) is 18.4. The van der Waals surface area contributed by atoms with Crippen molar-refractivity contribution in [3.63, 3.8) is 0 Å². The Labute approximate surface area is 187 Å². The third-order valence-electron chi connectivity index (χ3n) is 5.46. The van der Waals surface area contributed by atoms with E-state index in [0.29, 0.717) is 5.56 Å². The molecule has 4 rings (SSSR count). The summed E-state index contributed by atoms with van der Waals surface area (Å²) in [6, 6.07) is 16.9. The minimum absolute atomic E-state index is 0.0861. The molecular weight excluding hydrogens is 410 g/mol. The molecule has 0 amide bonds. The second kappa shape index (κ2) is 9.31. The van der Waals surface area contributed by atoms with E-state index < -0.39 is 0 Å². The van der Waals surface area contributed by atoms with Crippen LogP contribution < -0.4 is 5.32 Å². The van der Waals surface area contributed by atoms with Crippen LogP contribution in [0.2, 0.25) is 0 Å². The zero-order chi connectivity index (χ0) is 21.8. The summed E-state index contributed by atoms with van der Waals surface area (Å²) in [6.45, 7) is 3.01. The molecule has 0 aliphatic carbocycles. The van der Waals surface area contributed by atoms with Gasteiger partial charge in [-0.15, -0.1) is 0 Å². The van der Waals surface area contributed by atoms with E-state index in [1.807, 2.05) is 42.5 Å². The molecule has 0 unspecified atom stereocenters. The molecule has 3 heterocycles. The summed E-state index contributed by atoms with van der Waals surface area (Å²) < 4.78 is 11.1. The highest BCUT2D eigenvalue weighted by atomic mass is 32.1. The fraction of sp³-hybridized carbons (Fsp3) is 0.292. The largest absolute Gasteiger partial charge is 0.465 e. The van der Waals surface area contributed by atoms with E-state index in [0.717, 1.165) is 47.3 Å². The number of pyridine rings is 1. The van der Waals surface area contributed by atoms with Crippen LogP contribution in [0.25, 0.3) is 11.3 Å². The van der Waals surface area contributed by atoms with Crippen molar-refractivity contribution in [3.8, 4) is 11.3 Å². The summed E-state index contributed by atoms with van der Waals surface area (Å²) in [5, 5.41) is 4.15. The van der Waals surface area contributed by atoms with Crippen molar-refractivity contribution < 1.29 is 13.9 Å². The monoisotopic (exact) mass is 435 g/mol. The normalized spacial score (nSPS) is 18.1. The number of nitrogens with one attached hydrogen (secondary N) is 1. The molecule has 1 aliphatic rings. The van der Waals surface area contributed by atoms with E-state index in [4.69, 9.17) is 21.4 Å². The minimum atomic E-state index is -0.359. The van der Waals surface area contributed by atoms with Crippen molar-refractivity contribution in [3.05, 3.63) is 77.8 Å². The Hall–Kier alpha value is -3.19. The number of carbonyl (C=O) groups is 1. The van der Waals surface area contributed by atoms with Crippen LogP contribution in [0.5, 0.6) is 0 Å². The standard InChI is InChI=1S/C24H25N3O3S/c1-3-4-15-27-22(21(26-24(27)31)18-7-5-6-14-25-18)20-13-12-19(30-20)16-8-10-17(11-9-16)23(28)29-2/h5-14,21-22H,3-4,15H2,1-2H3,(H,26,31)/t21-,22-/m0/s1. The Bertz CT molecular complexity index is 1050. The molecule has 2 atom stereocenters. The van der Waals surface area contributed by atoms with Crippen LogP contribution in [0.3, 0.4) is 0 Å². The lowest BCUT2D eigenvalue weighted by molar-refractivity contribution is 0.0600. The van der Waals surface area contributed by atoms with Gasteiger partial charge in [0.15, 0.2) is 5.11 Å². The summed E-state index contributed by atoms with van der Waals surface area (Å²) in [5.74, 6) is 1.20. The summed E-state index contributed by atoms with van der Waals surface area (Å²) in [6.07, 6.45) is 3.91. The fourth-order valence-corrected chi connectivity index (χ4v) is 4.17. The number of rotatable bonds is 7. The zero-order valence-corrected chi connectivity index (χ0v) is 18.4. The van der Waals surface area contributed by atoms with Gasteiger partial charge in [-0.3, -0.25) is 4.98 Å². The van der Waals surface area contributed by atoms with Crippen LogP contribution in [0.4, 0.5) is 0 Å². The van der Waals surface area contributed by atoms with Crippen LogP contribution in [0.15, 0.2) is 65.2 Å². The molecule has 1 fully saturated rings. The van der Waals surface area contributed by atoms with E-state index in [9.17, 15) is 4.79 Å². The number of aromatic nitrogens is 1. The Morgan fingerprint density at radius 1 is 1.19 bits per heavy atom. The van der Waals surface area contributed by atoms with Crippen molar-refractivity contribution in [2.75, 3.05) is 13.7 Å². The quantitative estimate of drug-likeness (QED) is 0.418. The first-order valence-electron chi connectivity index (χ1n) is 10.4. The number of carbonyl (C=O) groups excluding carboxylic acids is 1. The molecule has 0 radical (unpaired) electrons. The zero-order valence-electron chi connectivity index (χ0n) is 17.6. The minimum Gasteiger partial charge on any atom is -0.465 e. The van der Waals surface area contributed by atoms with Crippen LogP contribution in [0.1, 0.15) is 53.7 Å². The Balaban J connectivity index is 1.65. The van der Waals surface area contributed by atoms with Gasteiger partial charge in [-0.1, -0.05) is 31.5 Å². The predicted molar refractivity (Wildman–Crippen MR) is 123 cm³/mol. The second-order valence-electron chi connectivity index (χ2n) is 7.44. The molecule has 31 heavy (non-hydrogen) atoms. The Morgan fingerprint density at radius 3 is 2.68 bits per heavy atom. The number of furan rings is 1. The Morgan fingerprint density at radius 2 is 2.00 bits per heavy atom. The summed E-state index contributed by atoms with van der Waals surface area (Å²) >= 11 is 5.66. The SMILES string of the molecule is CCCCN1C(=S)N[C@@H](c2ccccn2)[C@@H]1c1ccc(-c2ccc(C(=O)OC)cc2)o1. The molecule has 3 aromatic rings. The first-order chi connectivity index (χ1) is 15.1. The average molecular weight is 436 g/mol. The van der Waals surface area contributed by atoms with E-state index in [1.54, 1.807) is 18.3 Å². The third kappa shape index (κ3) is 4.32. The molecule has 0 saturated carbocycles. The molecule has 1 aliphatic heterocycles. The number of hydrogen-bond donors (Lipinski definition) is 1. The maximum atomic E-state index is 11.7. The van der Waals surface area contributed by atoms with E-state index in [-0.39, 0.29) is 18.1 Å². The number of hydrogen-bond acceptors (Lipinski definition) is 5. The lowest BCUT2D eigenvalue weighted by Gasteiger charge is -2.25. The third-order valence-corrected chi connectivity index (χ3v) is 5.81. The first kappa shape index (κ1) is 21.1. The number of nitrogens with zero attached hydrogens (tertiary/aromatic N) is 2. The van der Waals surface area contributed by atoms with Crippen molar-refractivity contribution in [1.82, 2.24) is 15.2 Å². The number of esters is 1. The van der Waals surface area contributed by atoms with Crippen LogP contribution in [-0.2, 0) is 4.74 Å². The molecule has 1 aromatic carbocycles. The molecular formula is C24H25N3O3S. The van der Waals surface area contributed by atoms with E-state index in [2.05, 4.69) is 22.1 Å². The predicted octanol–water partition coefficient (Wildman–Crippen LogP) is 4.90. The van der Waals surface area contributed by atoms with Gasteiger partial charge >= 0.3 is 5.97 Å². The average Bonchev–Trinajstić information content (AvgIpc) is 3.42. The van der Waals surface area contributed by atoms with Gasteiger partial charge in [-0.2, -0.15) is 0 Å². The van der Waals surface area contributed by atoms with Crippen molar-refractivity contribution in [2.24, 2.45) is 0 Å². The summed E-state index contributed by atoms with van der Waals surface area (Å²) in [5.41, 5.74) is 2.32. The van der Waals surface area contributed by atoms with Gasteiger partial charge in [0.2, 0.25) is 0 Å². The maximum absolute atomic E-state index is 11.7. The topological polar surface area (TPSA) is 67.6 Å². The molecule has 7 heteroatoms. The molecule has 0 bridgehead atoms. The van der Waals surface area contributed by atoms with E-state index in [1.165, 1.54) is 7.11 Å². The second-order valence-corrected chi connectivity index (χ2v) is 7.83. The number of thiocarbonyl (C=S) groups is 1. The highest BCUT2D eigenvalue weighted by molar-refractivity contribution is 7.80. The van der Waals surface area contributed by atoms with Crippen LogP contribution >= 0.6 is 12.2 Å². The Kier molecular flexibility index (Phi) is 6.32. The van der Waals surface area contributed by atoms with Crippen molar-refractivity contribution in [2.45, 2.75) is 31.8 Å². The van der Waals surface area contributed by atoms with Gasteiger partial charge in [0, 0.05) is 18.3 Å². The van der Waals surface area contributed by atoms with Gasteiger partial charge in [0.05, 0.1) is 24.4 Å². The van der Waals surface area contributed by atoms with Crippen molar-refractivity contribution in [1.29, 1.82) is 0 Å².